The number of benzene rings is 1. The quantitative estimate of drug-likeness (QED) is 0.626. The lowest BCUT2D eigenvalue weighted by Gasteiger charge is -2.37. The van der Waals surface area contributed by atoms with E-state index in [9.17, 15) is 5.26 Å². The van der Waals surface area contributed by atoms with E-state index in [1.54, 1.807) is 0 Å². The molecule has 0 aromatic heterocycles. The van der Waals surface area contributed by atoms with E-state index >= 15 is 0 Å². The summed E-state index contributed by atoms with van der Waals surface area (Å²) >= 11 is 3.72. The zero-order valence-corrected chi connectivity index (χ0v) is 14.4. The first-order chi connectivity index (χ1) is 9.62. The van der Waals surface area contributed by atoms with E-state index in [0.29, 0.717) is 5.41 Å². The van der Waals surface area contributed by atoms with Gasteiger partial charge in [0.15, 0.2) is 0 Å². The summed E-state index contributed by atoms with van der Waals surface area (Å²) in [6.07, 6.45) is 4.81. The zero-order valence-electron chi connectivity index (χ0n) is 12.8. The van der Waals surface area contributed by atoms with Crippen LogP contribution in [0.1, 0.15) is 45.1 Å². The fraction of sp³-hybridized carbons (Fsp3) is 0.588. The highest BCUT2D eigenvalue weighted by Gasteiger charge is 2.29. The van der Waals surface area contributed by atoms with Gasteiger partial charge in [0.2, 0.25) is 0 Å². The third-order valence-electron chi connectivity index (χ3n) is 3.85. The van der Waals surface area contributed by atoms with E-state index in [4.69, 9.17) is 0 Å². The Labute approximate surface area is 131 Å². The highest BCUT2D eigenvalue weighted by molar-refractivity contribution is 9.09. The summed E-state index contributed by atoms with van der Waals surface area (Å²) in [6, 6.07) is 10.1. The van der Waals surface area contributed by atoms with E-state index in [2.05, 4.69) is 47.8 Å². The molecular weight excluding hydrogens is 312 g/mol. The van der Waals surface area contributed by atoms with Crippen LogP contribution in [0, 0.1) is 16.7 Å². The van der Waals surface area contributed by atoms with Crippen molar-refractivity contribution >= 4 is 21.6 Å². The molecule has 110 valence electrons. The predicted molar refractivity (Wildman–Crippen MR) is 90.5 cm³/mol. The van der Waals surface area contributed by atoms with Gasteiger partial charge >= 0.3 is 0 Å². The first-order valence-corrected chi connectivity index (χ1v) is 8.51. The summed E-state index contributed by atoms with van der Waals surface area (Å²) in [6.45, 7) is 5.48. The summed E-state index contributed by atoms with van der Waals surface area (Å²) in [5.41, 5.74) is 2.08. The second kappa shape index (κ2) is 8.32. The van der Waals surface area contributed by atoms with Gasteiger partial charge < -0.3 is 4.90 Å². The molecule has 0 bridgehead atoms. The van der Waals surface area contributed by atoms with Crippen molar-refractivity contribution in [1.82, 2.24) is 0 Å². The summed E-state index contributed by atoms with van der Waals surface area (Å²) < 4.78 is 0. The number of halogens is 1. The standard InChI is InChI=1S/C17H25BrN2/c1-4-10-17(13-18,11-5-2)14-20(3)16-9-7-6-8-15(16)12-19/h6-9H,4-5,10-11,13-14H2,1-3H3. The normalized spacial score (nSPS) is 11.2. The van der Waals surface area contributed by atoms with Gasteiger partial charge in [0.25, 0.3) is 0 Å². The van der Waals surface area contributed by atoms with E-state index in [0.717, 1.165) is 23.1 Å². The highest BCUT2D eigenvalue weighted by atomic mass is 79.9. The van der Waals surface area contributed by atoms with Crippen molar-refractivity contribution in [2.75, 3.05) is 23.8 Å². The number of rotatable bonds is 8. The van der Waals surface area contributed by atoms with Crippen LogP contribution in [0.15, 0.2) is 24.3 Å². The Morgan fingerprint density at radius 1 is 1.20 bits per heavy atom. The number of anilines is 1. The lowest BCUT2D eigenvalue weighted by atomic mass is 9.80. The Morgan fingerprint density at radius 3 is 2.30 bits per heavy atom. The van der Waals surface area contributed by atoms with Crippen LogP contribution in [0.4, 0.5) is 5.69 Å². The van der Waals surface area contributed by atoms with Crippen LogP contribution in [0.3, 0.4) is 0 Å². The molecule has 0 aliphatic heterocycles. The van der Waals surface area contributed by atoms with Crippen molar-refractivity contribution < 1.29 is 0 Å². The molecule has 0 radical (unpaired) electrons. The Balaban J connectivity index is 2.95. The smallest absolute Gasteiger partial charge is 0.101 e. The SMILES string of the molecule is CCCC(CBr)(CCC)CN(C)c1ccccc1C#N. The maximum atomic E-state index is 9.24. The van der Waals surface area contributed by atoms with Crippen LogP contribution in [-0.4, -0.2) is 18.9 Å². The number of hydrogen-bond acceptors (Lipinski definition) is 2. The number of nitrogens with zero attached hydrogens (tertiary/aromatic N) is 2. The predicted octanol–water partition coefficient (Wildman–Crippen LogP) is 4.98. The van der Waals surface area contributed by atoms with E-state index in [1.165, 1.54) is 25.7 Å². The summed E-state index contributed by atoms with van der Waals surface area (Å²) in [5.74, 6) is 0. The van der Waals surface area contributed by atoms with Crippen molar-refractivity contribution in [1.29, 1.82) is 5.26 Å². The van der Waals surface area contributed by atoms with Crippen molar-refractivity contribution in [3.05, 3.63) is 29.8 Å². The van der Waals surface area contributed by atoms with Gasteiger partial charge in [-0.2, -0.15) is 5.26 Å². The topological polar surface area (TPSA) is 27.0 Å². The Kier molecular flexibility index (Phi) is 7.09. The number of para-hydroxylation sites is 1. The maximum absolute atomic E-state index is 9.24. The van der Waals surface area contributed by atoms with E-state index < -0.39 is 0 Å². The molecule has 0 fully saturated rings. The van der Waals surface area contributed by atoms with Gasteiger partial charge in [0, 0.05) is 18.9 Å². The lowest BCUT2D eigenvalue weighted by Crippen LogP contribution is -2.37. The average molecular weight is 337 g/mol. The first kappa shape index (κ1) is 17.0. The van der Waals surface area contributed by atoms with E-state index in [-0.39, 0.29) is 0 Å². The second-order valence-electron chi connectivity index (χ2n) is 5.62. The summed E-state index contributed by atoms with van der Waals surface area (Å²) in [7, 11) is 2.10. The molecule has 0 aliphatic rings. The first-order valence-electron chi connectivity index (χ1n) is 7.38. The van der Waals surface area contributed by atoms with Crippen LogP contribution >= 0.6 is 15.9 Å². The number of nitriles is 1. The molecule has 0 heterocycles. The minimum absolute atomic E-state index is 0.292. The second-order valence-corrected chi connectivity index (χ2v) is 6.18. The van der Waals surface area contributed by atoms with Crippen LogP contribution in [0.2, 0.25) is 0 Å². The third-order valence-corrected chi connectivity index (χ3v) is 5.04. The molecule has 0 unspecified atom stereocenters. The van der Waals surface area contributed by atoms with Crippen LogP contribution in [0.5, 0.6) is 0 Å². The number of alkyl halides is 1. The Hall–Kier alpha value is -1.01. The molecule has 1 rings (SSSR count). The van der Waals surface area contributed by atoms with Crippen molar-refractivity contribution in [2.45, 2.75) is 39.5 Å². The van der Waals surface area contributed by atoms with Crippen LogP contribution < -0.4 is 4.90 Å². The van der Waals surface area contributed by atoms with Gasteiger partial charge in [-0.15, -0.1) is 0 Å². The minimum Gasteiger partial charge on any atom is -0.373 e. The van der Waals surface area contributed by atoms with Crippen molar-refractivity contribution in [3.8, 4) is 6.07 Å². The van der Waals surface area contributed by atoms with Gasteiger partial charge in [0.1, 0.15) is 6.07 Å². The van der Waals surface area contributed by atoms with Gasteiger partial charge in [-0.25, -0.2) is 0 Å². The van der Waals surface area contributed by atoms with Gasteiger partial charge in [-0.3, -0.25) is 0 Å². The molecule has 20 heavy (non-hydrogen) atoms. The van der Waals surface area contributed by atoms with Gasteiger partial charge in [-0.05, 0) is 30.4 Å². The maximum Gasteiger partial charge on any atom is 0.101 e. The highest BCUT2D eigenvalue weighted by Crippen LogP contribution is 2.34. The monoisotopic (exact) mass is 336 g/mol. The fourth-order valence-corrected chi connectivity index (χ4v) is 3.75. The van der Waals surface area contributed by atoms with Crippen molar-refractivity contribution in [2.24, 2.45) is 5.41 Å². The number of hydrogen-bond donors (Lipinski definition) is 0. The molecule has 3 heteroatoms. The zero-order chi connectivity index (χ0) is 15.0. The molecular formula is C17H25BrN2. The molecule has 2 nitrogen and oxygen atoms in total. The molecule has 1 aromatic carbocycles. The molecule has 0 N–H and O–H groups in total. The Bertz CT molecular complexity index is 445. The fourth-order valence-electron chi connectivity index (χ4n) is 3.01. The Morgan fingerprint density at radius 2 is 1.80 bits per heavy atom. The van der Waals surface area contributed by atoms with Crippen LogP contribution in [-0.2, 0) is 0 Å². The molecule has 0 aliphatic carbocycles. The molecule has 0 spiro atoms. The molecule has 0 saturated carbocycles. The summed E-state index contributed by atoms with van der Waals surface area (Å²) in [5, 5.41) is 10.3. The molecule has 1 aromatic rings. The lowest BCUT2D eigenvalue weighted by molar-refractivity contribution is 0.283. The van der Waals surface area contributed by atoms with Crippen molar-refractivity contribution in [3.63, 3.8) is 0 Å². The van der Waals surface area contributed by atoms with Crippen LogP contribution in [0.25, 0.3) is 0 Å². The molecule has 0 atom stereocenters. The largest absolute Gasteiger partial charge is 0.373 e. The average Bonchev–Trinajstić information content (AvgIpc) is 2.47. The van der Waals surface area contributed by atoms with E-state index in [1.807, 2.05) is 24.3 Å². The minimum atomic E-state index is 0.292. The third kappa shape index (κ3) is 4.24. The summed E-state index contributed by atoms with van der Waals surface area (Å²) in [4.78, 5) is 2.24. The molecule has 0 saturated heterocycles. The van der Waals surface area contributed by atoms with Gasteiger partial charge in [-0.1, -0.05) is 54.8 Å². The van der Waals surface area contributed by atoms with Gasteiger partial charge in [0.05, 0.1) is 11.3 Å². The molecule has 0 amide bonds.